The molecule has 0 amide bonds. The first kappa shape index (κ1) is 19.7. The predicted octanol–water partition coefficient (Wildman–Crippen LogP) is 5.57. The molecule has 1 saturated carbocycles. The summed E-state index contributed by atoms with van der Waals surface area (Å²) in [6.45, 7) is 0. The van der Waals surface area contributed by atoms with Crippen LogP contribution in [0.5, 0.6) is 0 Å². The van der Waals surface area contributed by atoms with Gasteiger partial charge in [-0.15, -0.1) is 0 Å². The van der Waals surface area contributed by atoms with Crippen LogP contribution in [0.2, 0.25) is 0 Å². The van der Waals surface area contributed by atoms with Crippen LogP contribution >= 0.6 is 0 Å². The van der Waals surface area contributed by atoms with Crippen molar-refractivity contribution < 1.29 is 13.2 Å². The number of nitrogens with zero attached hydrogens (tertiary/aromatic N) is 4. The predicted molar refractivity (Wildman–Crippen MR) is 120 cm³/mol. The summed E-state index contributed by atoms with van der Waals surface area (Å²) in [5, 5.41) is 1.64. The second-order valence-corrected chi connectivity index (χ2v) is 8.42. The monoisotopic (exact) mass is 445 g/mol. The number of anilines is 1. The quantitative estimate of drug-likeness (QED) is 0.393. The summed E-state index contributed by atoms with van der Waals surface area (Å²) in [5.41, 5.74) is 8.95. The van der Waals surface area contributed by atoms with Crippen LogP contribution in [0.25, 0.3) is 32.9 Å². The smallest absolute Gasteiger partial charge is 0.146 e. The van der Waals surface area contributed by atoms with Gasteiger partial charge in [0.25, 0.3) is 0 Å². The Morgan fingerprint density at radius 3 is 2.48 bits per heavy atom. The molecule has 2 N–H and O–H groups in total. The Labute approximate surface area is 186 Å². The fourth-order valence-electron chi connectivity index (χ4n) is 4.40. The maximum Gasteiger partial charge on any atom is 0.146 e. The van der Waals surface area contributed by atoms with Crippen molar-refractivity contribution >= 4 is 27.6 Å². The maximum absolute atomic E-state index is 15.7. The Morgan fingerprint density at radius 2 is 1.73 bits per heavy atom. The Morgan fingerprint density at radius 1 is 0.939 bits per heavy atom. The zero-order valence-electron chi connectivity index (χ0n) is 17.4. The van der Waals surface area contributed by atoms with Crippen molar-refractivity contribution in [2.75, 3.05) is 5.73 Å². The van der Waals surface area contributed by atoms with Crippen molar-refractivity contribution in [3.63, 3.8) is 0 Å². The van der Waals surface area contributed by atoms with E-state index in [9.17, 15) is 8.78 Å². The van der Waals surface area contributed by atoms with E-state index in [0.29, 0.717) is 56.0 Å². The molecule has 2 aromatic carbocycles. The van der Waals surface area contributed by atoms with Gasteiger partial charge in [-0.2, -0.15) is 0 Å². The van der Waals surface area contributed by atoms with E-state index in [-0.39, 0.29) is 6.42 Å². The lowest BCUT2D eigenvalue weighted by atomic mass is 10.00. The molecule has 1 aliphatic carbocycles. The van der Waals surface area contributed by atoms with Gasteiger partial charge in [-0.25, -0.2) is 23.1 Å². The fourth-order valence-corrected chi connectivity index (χ4v) is 4.40. The maximum atomic E-state index is 15.7. The summed E-state index contributed by atoms with van der Waals surface area (Å²) >= 11 is 0. The number of aromatic nitrogens is 4. The molecule has 0 saturated heterocycles. The summed E-state index contributed by atoms with van der Waals surface area (Å²) in [6, 6.07) is 8.95. The zero-order chi connectivity index (χ0) is 22.7. The molecule has 0 aliphatic heterocycles. The van der Waals surface area contributed by atoms with Crippen LogP contribution in [-0.4, -0.2) is 19.5 Å². The van der Waals surface area contributed by atoms with Gasteiger partial charge in [0.05, 0.1) is 5.39 Å². The number of benzene rings is 2. The van der Waals surface area contributed by atoms with Gasteiger partial charge in [-0.3, -0.25) is 4.98 Å². The third-order valence-corrected chi connectivity index (χ3v) is 6.07. The first-order valence-electron chi connectivity index (χ1n) is 10.6. The highest BCUT2D eigenvalue weighted by Crippen LogP contribution is 2.43. The van der Waals surface area contributed by atoms with Crippen molar-refractivity contribution in [1.29, 1.82) is 0 Å². The number of halogens is 3. The van der Waals surface area contributed by atoms with Gasteiger partial charge in [-0.1, -0.05) is 12.1 Å². The molecule has 0 radical (unpaired) electrons. The number of nitrogens with two attached hydrogens (primary N) is 1. The molecular formula is C25H18F3N5. The van der Waals surface area contributed by atoms with Gasteiger partial charge < -0.3 is 10.3 Å². The van der Waals surface area contributed by atoms with Gasteiger partial charge >= 0.3 is 0 Å². The largest absolute Gasteiger partial charge is 0.383 e. The Balaban J connectivity index is 1.44. The Hall–Kier alpha value is -3.94. The van der Waals surface area contributed by atoms with E-state index in [2.05, 4.69) is 15.0 Å². The summed E-state index contributed by atoms with van der Waals surface area (Å²) in [5.74, 6) is -1.39. The molecule has 1 aliphatic rings. The molecule has 0 atom stereocenters. The highest BCUT2D eigenvalue weighted by molar-refractivity contribution is 6.02. The van der Waals surface area contributed by atoms with Crippen molar-refractivity contribution in [2.45, 2.75) is 25.3 Å². The average molecular weight is 445 g/mol. The molecule has 5 aromatic rings. The number of pyridine rings is 1. The van der Waals surface area contributed by atoms with Crippen molar-refractivity contribution in [1.82, 2.24) is 19.5 Å². The van der Waals surface area contributed by atoms with Crippen LogP contribution in [0.1, 0.15) is 30.1 Å². The van der Waals surface area contributed by atoms with Crippen LogP contribution in [0.15, 0.2) is 55.1 Å². The standard InChI is InChI=1S/C25H18F3N5/c26-15-5-13(6-16(27)9-15)7-17-8-14-1-4-19(23(28)20(14)10-30-17)21-11-33(18-2-3-18)25-22(21)24(29)31-12-32-25/h1,4-6,8-12,18H,2-3,7H2,(H2,29,31,32). The van der Waals surface area contributed by atoms with Crippen LogP contribution in [0, 0.1) is 17.5 Å². The second-order valence-electron chi connectivity index (χ2n) is 8.42. The van der Waals surface area contributed by atoms with Crippen molar-refractivity contribution in [3.8, 4) is 11.1 Å². The molecule has 3 heterocycles. The lowest BCUT2D eigenvalue weighted by Crippen LogP contribution is -1.97. The fraction of sp³-hybridized carbons (Fsp3) is 0.160. The average Bonchev–Trinajstić information content (AvgIpc) is 3.54. The van der Waals surface area contributed by atoms with Crippen molar-refractivity contribution in [3.05, 3.63) is 83.8 Å². The highest BCUT2D eigenvalue weighted by Gasteiger charge is 2.28. The molecule has 8 heteroatoms. The highest BCUT2D eigenvalue weighted by atomic mass is 19.1. The summed E-state index contributed by atoms with van der Waals surface area (Å²) < 4.78 is 44.7. The van der Waals surface area contributed by atoms with E-state index >= 15 is 4.39 Å². The number of hydrogen-bond donors (Lipinski definition) is 1. The van der Waals surface area contributed by atoms with Crippen LogP contribution in [0.3, 0.4) is 0 Å². The molecule has 164 valence electrons. The van der Waals surface area contributed by atoms with E-state index in [4.69, 9.17) is 5.73 Å². The molecule has 3 aromatic heterocycles. The van der Waals surface area contributed by atoms with Crippen LogP contribution < -0.4 is 5.73 Å². The SMILES string of the molecule is Nc1ncnc2c1c(-c1ccc3cc(Cc4cc(F)cc(F)c4)ncc3c1F)cn2C1CC1. The molecule has 1 fully saturated rings. The normalized spacial score (nSPS) is 13.8. The second kappa shape index (κ2) is 7.30. The summed E-state index contributed by atoms with van der Waals surface area (Å²) in [7, 11) is 0. The first-order valence-corrected chi connectivity index (χ1v) is 10.6. The first-order chi connectivity index (χ1) is 16.0. The van der Waals surface area contributed by atoms with Gasteiger partial charge in [-0.05, 0) is 42.0 Å². The van der Waals surface area contributed by atoms with Gasteiger partial charge in [0.1, 0.15) is 35.2 Å². The number of hydrogen-bond acceptors (Lipinski definition) is 4. The third kappa shape index (κ3) is 3.38. The minimum absolute atomic E-state index is 0.233. The summed E-state index contributed by atoms with van der Waals surface area (Å²) in [4.78, 5) is 12.8. The van der Waals surface area contributed by atoms with E-state index < -0.39 is 17.5 Å². The number of rotatable bonds is 4. The van der Waals surface area contributed by atoms with E-state index in [0.717, 1.165) is 18.9 Å². The van der Waals surface area contributed by atoms with Gasteiger partial charge in [0.2, 0.25) is 0 Å². The minimum atomic E-state index is -0.643. The Kier molecular flexibility index (Phi) is 4.36. The van der Waals surface area contributed by atoms with E-state index in [1.807, 2.05) is 16.8 Å². The topological polar surface area (TPSA) is 69.6 Å². The molecule has 5 nitrogen and oxygen atoms in total. The lowest BCUT2D eigenvalue weighted by molar-refractivity contribution is 0.580. The van der Waals surface area contributed by atoms with Gasteiger partial charge in [0, 0.05) is 53.1 Å². The zero-order valence-corrected chi connectivity index (χ0v) is 17.4. The Bertz CT molecular complexity index is 1540. The third-order valence-electron chi connectivity index (χ3n) is 6.07. The van der Waals surface area contributed by atoms with Crippen LogP contribution in [0.4, 0.5) is 19.0 Å². The molecule has 0 unspecified atom stereocenters. The number of fused-ring (bicyclic) bond motifs is 2. The van der Waals surface area contributed by atoms with Crippen LogP contribution in [-0.2, 0) is 6.42 Å². The summed E-state index contributed by atoms with van der Waals surface area (Å²) in [6.07, 6.45) is 7.12. The minimum Gasteiger partial charge on any atom is -0.383 e. The van der Waals surface area contributed by atoms with E-state index in [1.165, 1.54) is 24.7 Å². The van der Waals surface area contributed by atoms with E-state index in [1.54, 1.807) is 12.1 Å². The van der Waals surface area contributed by atoms with Crippen molar-refractivity contribution in [2.24, 2.45) is 0 Å². The number of nitrogen functional groups attached to an aromatic ring is 1. The molecule has 0 bridgehead atoms. The molecular weight excluding hydrogens is 427 g/mol. The van der Waals surface area contributed by atoms with Gasteiger partial charge in [0.15, 0.2) is 0 Å². The molecule has 6 rings (SSSR count). The molecule has 33 heavy (non-hydrogen) atoms. The molecule has 0 spiro atoms. The lowest BCUT2D eigenvalue weighted by Gasteiger charge is -2.08.